The molecule has 3 rings (SSSR count). The van der Waals surface area contributed by atoms with E-state index in [4.69, 9.17) is 11.6 Å². The molecule has 0 spiro atoms. The van der Waals surface area contributed by atoms with Crippen LogP contribution in [0.2, 0.25) is 5.02 Å². The number of nitrogens with zero attached hydrogens (tertiary/aromatic N) is 2. The highest BCUT2D eigenvalue weighted by Crippen LogP contribution is 2.36. The van der Waals surface area contributed by atoms with Gasteiger partial charge in [-0.3, -0.25) is 4.98 Å². The van der Waals surface area contributed by atoms with E-state index in [1.54, 1.807) is 12.4 Å². The summed E-state index contributed by atoms with van der Waals surface area (Å²) in [7, 11) is 0. The number of hydrogen-bond donors (Lipinski definition) is 1. The van der Waals surface area contributed by atoms with Crippen LogP contribution in [0.4, 0.5) is 5.69 Å². The van der Waals surface area contributed by atoms with E-state index in [0.717, 1.165) is 28.8 Å². The fourth-order valence-corrected chi connectivity index (χ4v) is 3.42. The molecule has 21 heavy (non-hydrogen) atoms. The Morgan fingerprint density at radius 1 is 1.14 bits per heavy atom. The normalized spacial score (nSPS) is 17.8. The number of aliphatic hydroxyl groups is 1. The average molecular weight is 368 g/mol. The molecule has 1 aromatic heterocycles. The summed E-state index contributed by atoms with van der Waals surface area (Å²) in [6, 6.07) is 9.50. The lowest BCUT2D eigenvalue weighted by molar-refractivity contribution is 0.0117. The van der Waals surface area contributed by atoms with Crippen molar-refractivity contribution in [3.8, 4) is 0 Å². The summed E-state index contributed by atoms with van der Waals surface area (Å²) in [6.07, 6.45) is 4.99. The number of rotatable bonds is 2. The monoisotopic (exact) mass is 366 g/mol. The van der Waals surface area contributed by atoms with Crippen molar-refractivity contribution in [3.63, 3.8) is 0 Å². The van der Waals surface area contributed by atoms with E-state index in [-0.39, 0.29) is 0 Å². The van der Waals surface area contributed by atoms with Gasteiger partial charge in [-0.15, -0.1) is 0 Å². The van der Waals surface area contributed by atoms with Gasteiger partial charge < -0.3 is 10.0 Å². The van der Waals surface area contributed by atoms with Crippen molar-refractivity contribution in [1.82, 2.24) is 4.98 Å². The summed E-state index contributed by atoms with van der Waals surface area (Å²) in [5.41, 5.74) is 1.31. The van der Waals surface area contributed by atoms with Gasteiger partial charge in [-0.1, -0.05) is 23.7 Å². The van der Waals surface area contributed by atoms with Crippen molar-refractivity contribution in [3.05, 3.63) is 57.8 Å². The first-order valence-electron chi connectivity index (χ1n) is 6.91. The Morgan fingerprint density at radius 2 is 1.81 bits per heavy atom. The third-order valence-electron chi connectivity index (χ3n) is 4.06. The van der Waals surface area contributed by atoms with E-state index in [2.05, 4.69) is 25.8 Å². The first-order valence-corrected chi connectivity index (χ1v) is 8.08. The van der Waals surface area contributed by atoms with Crippen molar-refractivity contribution in [2.45, 2.75) is 18.4 Å². The average Bonchev–Trinajstić information content (AvgIpc) is 2.49. The van der Waals surface area contributed by atoms with Crippen LogP contribution in [0.1, 0.15) is 18.4 Å². The molecular weight excluding hydrogens is 352 g/mol. The van der Waals surface area contributed by atoms with E-state index in [1.165, 1.54) is 0 Å². The topological polar surface area (TPSA) is 36.4 Å². The summed E-state index contributed by atoms with van der Waals surface area (Å²) in [6.45, 7) is 1.61. The molecule has 2 heterocycles. The van der Waals surface area contributed by atoms with Gasteiger partial charge >= 0.3 is 0 Å². The standard InChI is InChI=1S/C16H16BrClN2O/c17-14-11-19-8-5-15(14)20-9-6-16(21,7-10-20)12-1-3-13(18)4-2-12/h1-5,8,11,21H,6-7,9-10H2. The zero-order valence-electron chi connectivity index (χ0n) is 11.5. The van der Waals surface area contributed by atoms with Gasteiger partial charge in [0, 0.05) is 30.5 Å². The fourth-order valence-electron chi connectivity index (χ4n) is 2.79. The molecule has 1 aliphatic heterocycles. The quantitative estimate of drug-likeness (QED) is 0.872. The molecule has 1 fully saturated rings. The van der Waals surface area contributed by atoms with Crippen LogP contribution in [-0.2, 0) is 5.60 Å². The van der Waals surface area contributed by atoms with Crippen LogP contribution >= 0.6 is 27.5 Å². The maximum Gasteiger partial charge on any atom is 0.0930 e. The number of piperidine rings is 1. The highest BCUT2D eigenvalue weighted by Gasteiger charge is 2.34. The van der Waals surface area contributed by atoms with Gasteiger partial charge in [0.2, 0.25) is 0 Å². The van der Waals surface area contributed by atoms with Crippen molar-refractivity contribution >= 4 is 33.2 Å². The van der Waals surface area contributed by atoms with Crippen LogP contribution in [0.5, 0.6) is 0 Å². The second-order valence-corrected chi connectivity index (χ2v) is 6.64. The summed E-state index contributed by atoms with van der Waals surface area (Å²) in [5, 5.41) is 11.6. The summed E-state index contributed by atoms with van der Waals surface area (Å²) < 4.78 is 0.988. The van der Waals surface area contributed by atoms with Crippen molar-refractivity contribution in [2.75, 3.05) is 18.0 Å². The van der Waals surface area contributed by atoms with Gasteiger partial charge in [-0.25, -0.2) is 0 Å². The molecule has 0 aliphatic carbocycles. The molecule has 0 atom stereocenters. The van der Waals surface area contributed by atoms with E-state index in [0.29, 0.717) is 17.9 Å². The van der Waals surface area contributed by atoms with Crippen molar-refractivity contribution < 1.29 is 5.11 Å². The molecule has 2 aromatic rings. The predicted molar refractivity (Wildman–Crippen MR) is 88.7 cm³/mol. The Morgan fingerprint density at radius 3 is 2.43 bits per heavy atom. The van der Waals surface area contributed by atoms with Gasteiger partial charge in [-0.2, -0.15) is 0 Å². The number of anilines is 1. The number of halogens is 2. The van der Waals surface area contributed by atoms with Crippen molar-refractivity contribution in [2.24, 2.45) is 0 Å². The molecule has 5 heteroatoms. The summed E-state index contributed by atoms with van der Waals surface area (Å²) in [5.74, 6) is 0. The lowest BCUT2D eigenvalue weighted by Gasteiger charge is -2.40. The molecule has 1 saturated heterocycles. The van der Waals surface area contributed by atoms with Crippen LogP contribution in [0, 0.1) is 0 Å². The first-order chi connectivity index (χ1) is 10.1. The van der Waals surface area contributed by atoms with Gasteiger partial charge in [0.25, 0.3) is 0 Å². The highest BCUT2D eigenvalue weighted by atomic mass is 79.9. The van der Waals surface area contributed by atoms with Gasteiger partial charge in [0.15, 0.2) is 0 Å². The largest absolute Gasteiger partial charge is 0.385 e. The molecule has 0 bridgehead atoms. The number of hydrogen-bond acceptors (Lipinski definition) is 3. The van der Waals surface area contributed by atoms with Gasteiger partial charge in [0.05, 0.1) is 15.8 Å². The Balaban J connectivity index is 1.75. The summed E-state index contributed by atoms with van der Waals surface area (Å²) in [4.78, 5) is 6.36. The van der Waals surface area contributed by atoms with Gasteiger partial charge in [-0.05, 0) is 52.5 Å². The molecule has 110 valence electrons. The van der Waals surface area contributed by atoms with E-state index in [1.807, 2.05) is 30.3 Å². The first kappa shape index (κ1) is 14.8. The Bertz CT molecular complexity index is 624. The van der Waals surface area contributed by atoms with E-state index in [9.17, 15) is 5.11 Å². The third kappa shape index (κ3) is 3.07. The van der Waals surface area contributed by atoms with Crippen LogP contribution in [0.15, 0.2) is 47.2 Å². The molecule has 3 nitrogen and oxygen atoms in total. The maximum atomic E-state index is 10.9. The molecule has 1 aromatic carbocycles. The Labute approximate surface area is 137 Å². The number of aromatic nitrogens is 1. The van der Waals surface area contributed by atoms with E-state index >= 15 is 0 Å². The number of pyridine rings is 1. The third-order valence-corrected chi connectivity index (χ3v) is 4.93. The number of benzene rings is 1. The second-order valence-electron chi connectivity index (χ2n) is 5.35. The Hall–Kier alpha value is -1.10. The molecule has 1 N–H and O–H groups in total. The van der Waals surface area contributed by atoms with Crippen LogP contribution < -0.4 is 4.90 Å². The fraction of sp³-hybridized carbons (Fsp3) is 0.312. The zero-order valence-corrected chi connectivity index (χ0v) is 13.8. The molecular formula is C16H16BrClN2O. The molecule has 0 amide bonds. The SMILES string of the molecule is OC1(c2ccc(Cl)cc2)CCN(c2ccncc2Br)CC1. The Kier molecular flexibility index (Phi) is 4.20. The van der Waals surface area contributed by atoms with Crippen LogP contribution in [0.25, 0.3) is 0 Å². The second kappa shape index (κ2) is 5.95. The zero-order chi connectivity index (χ0) is 14.9. The maximum absolute atomic E-state index is 10.9. The molecule has 1 aliphatic rings. The van der Waals surface area contributed by atoms with Crippen LogP contribution in [0.3, 0.4) is 0 Å². The molecule has 0 unspecified atom stereocenters. The minimum Gasteiger partial charge on any atom is -0.385 e. The summed E-state index contributed by atoms with van der Waals surface area (Å²) >= 11 is 9.45. The lowest BCUT2D eigenvalue weighted by Crippen LogP contribution is -2.42. The van der Waals surface area contributed by atoms with Crippen molar-refractivity contribution in [1.29, 1.82) is 0 Å². The minimum atomic E-state index is -0.763. The van der Waals surface area contributed by atoms with Gasteiger partial charge in [0.1, 0.15) is 0 Å². The van der Waals surface area contributed by atoms with Crippen LogP contribution in [-0.4, -0.2) is 23.2 Å². The molecule has 0 saturated carbocycles. The molecule has 0 radical (unpaired) electrons. The van der Waals surface area contributed by atoms with E-state index < -0.39 is 5.60 Å². The lowest BCUT2D eigenvalue weighted by atomic mass is 9.84. The highest BCUT2D eigenvalue weighted by molar-refractivity contribution is 9.10. The predicted octanol–water partition coefficient (Wildman–Crippen LogP) is 3.99. The minimum absolute atomic E-state index is 0.695. The smallest absolute Gasteiger partial charge is 0.0930 e.